The maximum Gasteiger partial charge on any atom is 0.253 e. The van der Waals surface area contributed by atoms with Gasteiger partial charge in [-0.3, -0.25) is 4.79 Å². The summed E-state index contributed by atoms with van der Waals surface area (Å²) in [5, 5.41) is 0. The second-order valence-corrected chi connectivity index (χ2v) is 4.65. The van der Waals surface area contributed by atoms with E-state index in [-0.39, 0.29) is 18.6 Å². The number of para-hydroxylation sites is 1. The number of morpholine rings is 1. The largest absolute Gasteiger partial charge is 0.367 e. The molecule has 2 N–H and O–H groups in total. The van der Waals surface area contributed by atoms with Crippen LogP contribution in [0.2, 0.25) is 0 Å². The lowest BCUT2D eigenvalue weighted by Crippen LogP contribution is -2.47. The molecule has 98 valence electrons. The first-order valence-corrected chi connectivity index (χ1v) is 6.40. The number of anilines is 1. The highest BCUT2D eigenvalue weighted by molar-refractivity contribution is 5.95. The van der Waals surface area contributed by atoms with Crippen LogP contribution in [0.5, 0.6) is 0 Å². The Labute approximate surface area is 108 Å². The third kappa shape index (κ3) is 2.89. The minimum Gasteiger partial charge on any atom is -0.367 e. The third-order valence-corrected chi connectivity index (χ3v) is 3.27. The van der Waals surface area contributed by atoms with E-state index < -0.39 is 0 Å². The lowest BCUT2D eigenvalue weighted by molar-refractivity contribution is -0.129. The second kappa shape index (κ2) is 5.98. The Morgan fingerprint density at radius 2 is 2.22 bits per heavy atom. The smallest absolute Gasteiger partial charge is 0.253 e. The molecule has 4 heteroatoms. The number of nitrogens with zero attached hydrogens (tertiary/aromatic N) is 1. The van der Waals surface area contributed by atoms with E-state index in [2.05, 4.69) is 0 Å². The zero-order chi connectivity index (χ0) is 13.0. The molecule has 1 aromatic rings. The summed E-state index contributed by atoms with van der Waals surface area (Å²) in [5.41, 5.74) is 7.61. The van der Waals surface area contributed by atoms with Gasteiger partial charge in [-0.1, -0.05) is 18.2 Å². The van der Waals surface area contributed by atoms with Crippen molar-refractivity contribution in [3.05, 3.63) is 29.8 Å². The molecule has 0 saturated carbocycles. The number of amides is 1. The lowest BCUT2D eigenvalue weighted by Gasteiger charge is -2.33. The van der Waals surface area contributed by atoms with Crippen LogP contribution in [0.3, 0.4) is 0 Å². The fraction of sp³-hybridized carbons (Fsp3) is 0.500. The number of ether oxygens (including phenoxy) is 1. The Morgan fingerprint density at radius 3 is 2.94 bits per heavy atom. The van der Waals surface area contributed by atoms with Gasteiger partial charge in [0.2, 0.25) is 0 Å². The predicted molar refractivity (Wildman–Crippen MR) is 71.6 cm³/mol. The van der Waals surface area contributed by atoms with E-state index in [0.717, 1.165) is 24.1 Å². The fourth-order valence-corrected chi connectivity index (χ4v) is 2.24. The van der Waals surface area contributed by atoms with Gasteiger partial charge in [0.25, 0.3) is 5.91 Å². The summed E-state index contributed by atoms with van der Waals surface area (Å²) in [5.74, 6) is 0.0355. The molecule has 1 unspecified atom stereocenters. The predicted octanol–water partition coefficient (Wildman–Crippen LogP) is 1.47. The van der Waals surface area contributed by atoms with Crippen LogP contribution in [0, 0.1) is 6.92 Å². The number of rotatable bonds is 4. The molecule has 1 atom stereocenters. The molecule has 2 rings (SSSR count). The standard InChI is InChI=1S/C14H20N2O2/c1-11-5-2-3-7-13(11)16-9-12(6-4-8-15)18-10-14(16)17/h2-3,5,7,12H,4,6,8-10,15H2,1H3. The normalized spacial score (nSPS) is 20.2. The van der Waals surface area contributed by atoms with Gasteiger partial charge >= 0.3 is 0 Å². The summed E-state index contributed by atoms with van der Waals surface area (Å²) in [7, 11) is 0. The van der Waals surface area contributed by atoms with Crippen molar-refractivity contribution in [3.63, 3.8) is 0 Å². The molecule has 0 aromatic heterocycles. The highest BCUT2D eigenvalue weighted by Gasteiger charge is 2.27. The van der Waals surface area contributed by atoms with Crippen molar-refractivity contribution in [2.24, 2.45) is 5.73 Å². The van der Waals surface area contributed by atoms with Gasteiger partial charge in [-0.15, -0.1) is 0 Å². The van der Waals surface area contributed by atoms with Gasteiger partial charge < -0.3 is 15.4 Å². The quantitative estimate of drug-likeness (QED) is 0.877. The Kier molecular flexibility index (Phi) is 4.33. The summed E-state index contributed by atoms with van der Waals surface area (Å²) < 4.78 is 5.54. The fourth-order valence-electron chi connectivity index (χ4n) is 2.24. The number of hydrogen-bond acceptors (Lipinski definition) is 3. The van der Waals surface area contributed by atoms with Crippen molar-refractivity contribution in [2.75, 3.05) is 24.6 Å². The first-order valence-electron chi connectivity index (χ1n) is 6.40. The molecule has 1 heterocycles. The number of hydrogen-bond donors (Lipinski definition) is 1. The van der Waals surface area contributed by atoms with Crippen molar-refractivity contribution in [2.45, 2.75) is 25.9 Å². The van der Waals surface area contributed by atoms with Crippen LogP contribution in [0.4, 0.5) is 5.69 Å². The molecule has 1 amide bonds. The maximum atomic E-state index is 11.9. The SMILES string of the molecule is Cc1ccccc1N1CC(CCCN)OCC1=O. The summed E-state index contributed by atoms with van der Waals surface area (Å²) >= 11 is 0. The van der Waals surface area contributed by atoms with E-state index in [0.29, 0.717) is 13.1 Å². The molecule has 0 radical (unpaired) electrons. The molecule has 1 aliphatic rings. The van der Waals surface area contributed by atoms with E-state index in [1.54, 1.807) is 0 Å². The summed E-state index contributed by atoms with van der Waals surface area (Å²) in [6.45, 7) is 3.48. The monoisotopic (exact) mass is 248 g/mol. The van der Waals surface area contributed by atoms with Crippen LogP contribution in [-0.4, -0.2) is 31.7 Å². The van der Waals surface area contributed by atoms with E-state index in [4.69, 9.17) is 10.5 Å². The Morgan fingerprint density at radius 1 is 1.44 bits per heavy atom. The highest BCUT2D eigenvalue weighted by atomic mass is 16.5. The van der Waals surface area contributed by atoms with Gasteiger partial charge in [0, 0.05) is 5.69 Å². The van der Waals surface area contributed by atoms with Crippen molar-refractivity contribution in [3.8, 4) is 0 Å². The average molecular weight is 248 g/mol. The lowest BCUT2D eigenvalue weighted by atomic mass is 10.1. The van der Waals surface area contributed by atoms with Gasteiger partial charge in [0.15, 0.2) is 0 Å². The van der Waals surface area contributed by atoms with Gasteiger partial charge in [-0.25, -0.2) is 0 Å². The minimum atomic E-state index is 0.0355. The zero-order valence-corrected chi connectivity index (χ0v) is 10.8. The molecule has 1 saturated heterocycles. The van der Waals surface area contributed by atoms with Crippen LogP contribution >= 0.6 is 0 Å². The van der Waals surface area contributed by atoms with Crippen molar-refractivity contribution in [1.82, 2.24) is 0 Å². The van der Waals surface area contributed by atoms with Crippen LogP contribution in [-0.2, 0) is 9.53 Å². The molecule has 1 fully saturated rings. The number of benzene rings is 1. The Balaban J connectivity index is 2.10. The van der Waals surface area contributed by atoms with Crippen LogP contribution in [0.25, 0.3) is 0 Å². The van der Waals surface area contributed by atoms with E-state index in [9.17, 15) is 4.79 Å². The van der Waals surface area contributed by atoms with E-state index in [1.807, 2.05) is 36.1 Å². The highest BCUT2D eigenvalue weighted by Crippen LogP contribution is 2.23. The number of nitrogens with two attached hydrogens (primary N) is 1. The molecule has 0 aliphatic carbocycles. The maximum absolute atomic E-state index is 11.9. The van der Waals surface area contributed by atoms with Crippen molar-refractivity contribution in [1.29, 1.82) is 0 Å². The number of carbonyl (C=O) groups excluding carboxylic acids is 1. The van der Waals surface area contributed by atoms with Crippen LogP contribution in [0.1, 0.15) is 18.4 Å². The first-order chi connectivity index (χ1) is 8.72. The van der Waals surface area contributed by atoms with Crippen LogP contribution < -0.4 is 10.6 Å². The zero-order valence-electron chi connectivity index (χ0n) is 10.8. The third-order valence-electron chi connectivity index (χ3n) is 3.27. The average Bonchev–Trinajstić information content (AvgIpc) is 2.39. The van der Waals surface area contributed by atoms with Crippen molar-refractivity contribution < 1.29 is 9.53 Å². The molecule has 18 heavy (non-hydrogen) atoms. The summed E-state index contributed by atoms with van der Waals surface area (Å²) in [4.78, 5) is 13.8. The molecule has 0 bridgehead atoms. The molecular weight excluding hydrogens is 228 g/mol. The summed E-state index contributed by atoms with van der Waals surface area (Å²) in [6.07, 6.45) is 1.94. The van der Waals surface area contributed by atoms with Gasteiger partial charge in [-0.05, 0) is 37.9 Å². The van der Waals surface area contributed by atoms with Gasteiger partial charge in [0.1, 0.15) is 6.61 Å². The van der Waals surface area contributed by atoms with Crippen LogP contribution in [0.15, 0.2) is 24.3 Å². The minimum absolute atomic E-state index is 0.0355. The Bertz CT molecular complexity index is 420. The van der Waals surface area contributed by atoms with E-state index in [1.165, 1.54) is 0 Å². The molecular formula is C14H20N2O2. The van der Waals surface area contributed by atoms with E-state index >= 15 is 0 Å². The summed E-state index contributed by atoms with van der Waals surface area (Å²) in [6, 6.07) is 7.95. The Hall–Kier alpha value is -1.39. The molecule has 1 aromatic carbocycles. The van der Waals surface area contributed by atoms with Gasteiger partial charge in [0.05, 0.1) is 12.6 Å². The topological polar surface area (TPSA) is 55.6 Å². The molecule has 0 spiro atoms. The second-order valence-electron chi connectivity index (χ2n) is 4.65. The first kappa shape index (κ1) is 13.1. The molecule has 4 nitrogen and oxygen atoms in total. The van der Waals surface area contributed by atoms with Gasteiger partial charge in [-0.2, -0.15) is 0 Å². The number of aryl methyl sites for hydroxylation is 1. The number of carbonyl (C=O) groups is 1. The van der Waals surface area contributed by atoms with Crippen molar-refractivity contribution >= 4 is 11.6 Å². The molecule has 1 aliphatic heterocycles.